The molecular formula is C14H16BrN3OS3. The number of nitrogens with zero attached hydrogens (tertiary/aromatic N) is 3. The van der Waals surface area contributed by atoms with E-state index in [1.807, 2.05) is 31.3 Å². The average molecular weight is 418 g/mol. The van der Waals surface area contributed by atoms with Gasteiger partial charge in [0.2, 0.25) is 5.91 Å². The minimum atomic E-state index is 0.0839. The van der Waals surface area contributed by atoms with E-state index >= 15 is 0 Å². The first kappa shape index (κ1) is 17.8. The van der Waals surface area contributed by atoms with Crippen LogP contribution in [0.25, 0.3) is 0 Å². The molecule has 0 aliphatic carbocycles. The van der Waals surface area contributed by atoms with Crippen LogP contribution in [0.4, 0.5) is 0 Å². The Hall–Kier alpha value is -0.570. The van der Waals surface area contributed by atoms with Gasteiger partial charge >= 0.3 is 0 Å². The standard InChI is InChI=1S/C14H16BrN3OS3/c1-3-20-13-16-17-14(22-13)21-9-12(19)18(2)8-10-6-4-5-7-11(10)15/h4-7H,3,8-9H2,1-2H3. The molecule has 8 heteroatoms. The van der Waals surface area contributed by atoms with Gasteiger partial charge in [-0.3, -0.25) is 4.79 Å². The maximum absolute atomic E-state index is 12.2. The number of carbonyl (C=O) groups excluding carboxylic acids is 1. The second kappa shape index (κ2) is 8.90. The predicted molar refractivity (Wildman–Crippen MR) is 97.6 cm³/mol. The minimum Gasteiger partial charge on any atom is -0.341 e. The number of benzene rings is 1. The number of rotatable bonds is 7. The van der Waals surface area contributed by atoms with Crippen molar-refractivity contribution >= 4 is 56.7 Å². The largest absolute Gasteiger partial charge is 0.341 e. The molecule has 0 radical (unpaired) electrons. The van der Waals surface area contributed by atoms with E-state index in [2.05, 4.69) is 33.1 Å². The van der Waals surface area contributed by atoms with Crippen LogP contribution in [0.15, 0.2) is 37.4 Å². The lowest BCUT2D eigenvalue weighted by Crippen LogP contribution is -2.27. The van der Waals surface area contributed by atoms with Gasteiger partial charge < -0.3 is 4.90 Å². The number of carbonyl (C=O) groups is 1. The Kier molecular flexibility index (Phi) is 7.20. The summed E-state index contributed by atoms with van der Waals surface area (Å²) in [5.41, 5.74) is 1.10. The number of thioether (sulfide) groups is 2. The normalized spacial score (nSPS) is 10.7. The summed E-state index contributed by atoms with van der Waals surface area (Å²) < 4.78 is 2.82. The Morgan fingerprint density at radius 2 is 1.95 bits per heavy atom. The molecular weight excluding hydrogens is 402 g/mol. The molecule has 0 bridgehead atoms. The van der Waals surface area contributed by atoms with E-state index in [-0.39, 0.29) is 5.91 Å². The highest BCUT2D eigenvalue weighted by molar-refractivity contribution is 9.10. The van der Waals surface area contributed by atoms with E-state index in [4.69, 9.17) is 0 Å². The summed E-state index contributed by atoms with van der Waals surface area (Å²) in [6, 6.07) is 7.94. The van der Waals surface area contributed by atoms with Gasteiger partial charge in [-0.05, 0) is 17.4 Å². The quantitative estimate of drug-likeness (QED) is 0.632. The van der Waals surface area contributed by atoms with Crippen molar-refractivity contribution < 1.29 is 4.79 Å². The van der Waals surface area contributed by atoms with E-state index in [0.717, 1.165) is 24.5 Å². The molecule has 0 unspecified atom stereocenters. The van der Waals surface area contributed by atoms with Crippen LogP contribution in [0.1, 0.15) is 12.5 Å². The molecule has 0 N–H and O–H groups in total. The predicted octanol–water partition coefficient (Wildman–Crippen LogP) is 4.16. The van der Waals surface area contributed by atoms with Crippen molar-refractivity contribution in [1.82, 2.24) is 15.1 Å². The summed E-state index contributed by atoms with van der Waals surface area (Å²) in [6.07, 6.45) is 0. The minimum absolute atomic E-state index is 0.0839. The van der Waals surface area contributed by atoms with E-state index in [0.29, 0.717) is 12.3 Å². The number of aromatic nitrogens is 2. The highest BCUT2D eigenvalue weighted by Crippen LogP contribution is 2.28. The van der Waals surface area contributed by atoms with Gasteiger partial charge in [0.15, 0.2) is 8.68 Å². The maximum atomic E-state index is 12.2. The first-order chi connectivity index (χ1) is 10.6. The molecule has 1 amide bonds. The summed E-state index contributed by atoms with van der Waals surface area (Å²) in [5, 5.41) is 8.18. The van der Waals surface area contributed by atoms with Crippen molar-refractivity contribution in [2.75, 3.05) is 18.6 Å². The zero-order valence-corrected chi connectivity index (χ0v) is 16.3. The number of amides is 1. The molecule has 0 saturated heterocycles. The van der Waals surface area contributed by atoms with E-state index in [1.54, 1.807) is 28.0 Å². The molecule has 0 fully saturated rings. The second-order valence-electron chi connectivity index (χ2n) is 4.40. The van der Waals surface area contributed by atoms with Crippen LogP contribution in [0.3, 0.4) is 0 Å². The smallest absolute Gasteiger partial charge is 0.233 e. The van der Waals surface area contributed by atoms with Gasteiger partial charge in [0.05, 0.1) is 5.75 Å². The molecule has 0 aliphatic rings. The summed E-state index contributed by atoms with van der Waals surface area (Å²) in [4.78, 5) is 13.9. The Morgan fingerprint density at radius 1 is 1.27 bits per heavy atom. The van der Waals surface area contributed by atoms with Crippen LogP contribution in [0, 0.1) is 0 Å². The molecule has 0 saturated carbocycles. The van der Waals surface area contributed by atoms with Crippen LogP contribution in [0.5, 0.6) is 0 Å². The molecule has 1 aromatic carbocycles. The first-order valence-electron chi connectivity index (χ1n) is 6.66. The van der Waals surface area contributed by atoms with Crippen molar-refractivity contribution in [2.45, 2.75) is 22.1 Å². The number of hydrogen-bond donors (Lipinski definition) is 0. The van der Waals surface area contributed by atoms with Crippen molar-refractivity contribution in [3.63, 3.8) is 0 Å². The molecule has 22 heavy (non-hydrogen) atoms. The lowest BCUT2D eigenvalue weighted by molar-refractivity contribution is -0.127. The van der Waals surface area contributed by atoms with Crippen LogP contribution in [-0.4, -0.2) is 39.6 Å². The van der Waals surface area contributed by atoms with Gasteiger partial charge in [-0.15, -0.1) is 10.2 Å². The van der Waals surface area contributed by atoms with Gasteiger partial charge in [-0.2, -0.15) is 0 Å². The fourth-order valence-corrected chi connectivity index (χ4v) is 4.91. The molecule has 2 aromatic rings. The Balaban J connectivity index is 1.84. The third kappa shape index (κ3) is 5.26. The molecule has 4 nitrogen and oxygen atoms in total. The maximum Gasteiger partial charge on any atom is 0.233 e. The summed E-state index contributed by atoms with van der Waals surface area (Å²) in [6.45, 7) is 2.67. The molecule has 2 rings (SSSR count). The van der Waals surface area contributed by atoms with Crippen LogP contribution >= 0.6 is 50.8 Å². The van der Waals surface area contributed by atoms with E-state index < -0.39 is 0 Å². The van der Waals surface area contributed by atoms with Gasteiger partial charge in [-0.1, -0.05) is 75.9 Å². The van der Waals surface area contributed by atoms with Crippen molar-refractivity contribution in [1.29, 1.82) is 0 Å². The zero-order valence-electron chi connectivity index (χ0n) is 12.3. The molecule has 0 aliphatic heterocycles. The van der Waals surface area contributed by atoms with Crippen molar-refractivity contribution in [3.05, 3.63) is 34.3 Å². The molecule has 1 aromatic heterocycles. The van der Waals surface area contributed by atoms with Crippen LogP contribution in [0.2, 0.25) is 0 Å². The van der Waals surface area contributed by atoms with Gasteiger partial charge in [0.25, 0.3) is 0 Å². The monoisotopic (exact) mass is 417 g/mol. The van der Waals surface area contributed by atoms with Crippen LogP contribution in [-0.2, 0) is 11.3 Å². The first-order valence-corrected chi connectivity index (χ1v) is 10.2. The highest BCUT2D eigenvalue weighted by Gasteiger charge is 2.13. The zero-order chi connectivity index (χ0) is 15.9. The van der Waals surface area contributed by atoms with Crippen molar-refractivity contribution in [3.8, 4) is 0 Å². The Morgan fingerprint density at radius 3 is 2.64 bits per heavy atom. The third-order valence-electron chi connectivity index (χ3n) is 2.77. The second-order valence-corrected chi connectivity index (χ2v) is 8.96. The molecule has 1 heterocycles. The average Bonchev–Trinajstić information content (AvgIpc) is 2.95. The van der Waals surface area contributed by atoms with E-state index in [1.165, 1.54) is 11.8 Å². The Labute approximate surface area is 151 Å². The molecule has 0 spiro atoms. The van der Waals surface area contributed by atoms with Gasteiger partial charge in [0.1, 0.15) is 0 Å². The number of halogens is 1. The number of hydrogen-bond acceptors (Lipinski definition) is 6. The topological polar surface area (TPSA) is 46.1 Å². The summed E-state index contributed by atoms with van der Waals surface area (Å²) >= 11 is 8.17. The lowest BCUT2D eigenvalue weighted by atomic mass is 10.2. The van der Waals surface area contributed by atoms with Gasteiger partial charge in [0, 0.05) is 18.1 Å². The third-order valence-corrected chi connectivity index (χ3v) is 6.60. The highest BCUT2D eigenvalue weighted by atomic mass is 79.9. The van der Waals surface area contributed by atoms with Crippen molar-refractivity contribution in [2.24, 2.45) is 0 Å². The summed E-state index contributed by atoms with van der Waals surface area (Å²) in [7, 11) is 1.82. The molecule has 0 atom stereocenters. The molecule has 118 valence electrons. The SMILES string of the molecule is CCSc1nnc(SCC(=O)N(C)Cc2ccccc2Br)s1. The fourth-order valence-electron chi connectivity index (χ4n) is 1.64. The lowest BCUT2D eigenvalue weighted by Gasteiger charge is -2.17. The Bertz CT molecular complexity index is 635. The fraction of sp³-hybridized carbons (Fsp3) is 0.357. The van der Waals surface area contributed by atoms with Crippen LogP contribution < -0.4 is 0 Å². The van der Waals surface area contributed by atoms with Gasteiger partial charge in [-0.25, -0.2) is 0 Å². The summed E-state index contributed by atoms with van der Waals surface area (Å²) in [5.74, 6) is 1.44. The van der Waals surface area contributed by atoms with E-state index in [9.17, 15) is 4.79 Å².